The van der Waals surface area contributed by atoms with Crippen LogP contribution in [0.3, 0.4) is 0 Å². The molecule has 2 heterocycles. The molecule has 0 amide bonds. The van der Waals surface area contributed by atoms with Crippen LogP contribution in [0.15, 0.2) is 67.8 Å². The molecule has 0 atom stereocenters. The van der Waals surface area contributed by atoms with Gasteiger partial charge in [-0.1, -0.05) is 12.1 Å². The number of imidazole rings is 1. The zero-order chi connectivity index (χ0) is 18.1. The van der Waals surface area contributed by atoms with Crippen LogP contribution in [0.5, 0.6) is 0 Å². The lowest BCUT2D eigenvalue weighted by atomic mass is 10.2. The SMILES string of the molecule is COSc1cc(SOC)c2c(=O)cc(-n3cnc4ccccc43)oc2c1. The third kappa shape index (κ3) is 3.01. The fraction of sp³-hybridized carbons (Fsp3) is 0.111. The van der Waals surface area contributed by atoms with Crippen LogP contribution in [0.1, 0.15) is 0 Å². The first-order valence-corrected chi connectivity index (χ1v) is 9.15. The molecule has 0 fully saturated rings. The highest BCUT2D eigenvalue weighted by Crippen LogP contribution is 2.33. The summed E-state index contributed by atoms with van der Waals surface area (Å²) in [5, 5.41) is 0.477. The van der Waals surface area contributed by atoms with E-state index in [0.717, 1.165) is 28.0 Å². The molecule has 0 radical (unpaired) electrons. The van der Waals surface area contributed by atoms with Crippen LogP contribution in [0.4, 0.5) is 0 Å². The molecular formula is C18H14N2O4S2. The molecule has 0 aliphatic heterocycles. The average molecular weight is 386 g/mol. The standard InChI is InChI=1S/C18H14N2O4S2/c1-22-25-11-7-15-18(16(8-11)26-23-2)14(21)9-17(24-15)20-10-19-12-5-3-4-6-13(12)20/h3-10H,1-2H3. The second-order valence-electron chi connectivity index (χ2n) is 5.35. The molecule has 0 saturated heterocycles. The summed E-state index contributed by atoms with van der Waals surface area (Å²) in [5.74, 6) is 0.407. The van der Waals surface area contributed by atoms with E-state index in [-0.39, 0.29) is 5.43 Å². The molecule has 0 N–H and O–H groups in total. The zero-order valence-corrected chi connectivity index (χ0v) is 15.6. The minimum atomic E-state index is -0.146. The molecule has 8 heteroatoms. The fourth-order valence-corrected chi connectivity index (χ4v) is 4.00. The number of hydrogen-bond donors (Lipinski definition) is 0. The molecule has 0 bridgehead atoms. The molecule has 4 aromatic rings. The van der Waals surface area contributed by atoms with Gasteiger partial charge in [0.15, 0.2) is 5.43 Å². The van der Waals surface area contributed by atoms with Crippen LogP contribution in [0, 0.1) is 0 Å². The van der Waals surface area contributed by atoms with E-state index in [1.54, 1.807) is 31.2 Å². The number of hydrogen-bond acceptors (Lipinski definition) is 7. The Hall–Kier alpha value is -2.26. The largest absolute Gasteiger partial charge is 0.439 e. The molecule has 2 aromatic carbocycles. The lowest BCUT2D eigenvalue weighted by Gasteiger charge is -2.09. The van der Waals surface area contributed by atoms with E-state index in [1.807, 2.05) is 30.3 Å². The molecule has 6 nitrogen and oxygen atoms in total. The highest BCUT2D eigenvalue weighted by atomic mass is 32.2. The van der Waals surface area contributed by atoms with Crippen LogP contribution in [0.25, 0.3) is 27.9 Å². The monoisotopic (exact) mass is 386 g/mol. The van der Waals surface area contributed by atoms with Gasteiger partial charge in [-0.25, -0.2) is 4.98 Å². The van der Waals surface area contributed by atoms with Crippen LogP contribution in [-0.4, -0.2) is 23.8 Å². The van der Waals surface area contributed by atoms with Crippen molar-refractivity contribution in [3.63, 3.8) is 0 Å². The Morgan fingerprint density at radius 3 is 2.69 bits per heavy atom. The maximum absolute atomic E-state index is 12.8. The summed E-state index contributed by atoms with van der Waals surface area (Å²) in [5.41, 5.74) is 2.01. The lowest BCUT2D eigenvalue weighted by molar-refractivity contribution is 0.488. The van der Waals surface area contributed by atoms with Gasteiger partial charge < -0.3 is 12.8 Å². The van der Waals surface area contributed by atoms with Crippen molar-refractivity contribution >= 4 is 46.1 Å². The second-order valence-corrected chi connectivity index (χ2v) is 7.26. The highest BCUT2D eigenvalue weighted by Gasteiger charge is 2.15. The predicted octanol–water partition coefficient (Wildman–Crippen LogP) is 4.44. The smallest absolute Gasteiger partial charge is 0.209 e. The van der Waals surface area contributed by atoms with E-state index in [0.29, 0.717) is 21.7 Å². The molecule has 0 aliphatic rings. The number of para-hydroxylation sites is 2. The molecule has 0 spiro atoms. The van der Waals surface area contributed by atoms with Gasteiger partial charge in [0.05, 0.1) is 35.5 Å². The van der Waals surface area contributed by atoms with E-state index >= 15 is 0 Å². The Kier molecular flexibility index (Phi) is 4.73. The first-order valence-electron chi connectivity index (χ1n) is 7.67. The normalized spacial score (nSPS) is 11.5. The topological polar surface area (TPSA) is 66.5 Å². The van der Waals surface area contributed by atoms with E-state index in [9.17, 15) is 4.79 Å². The summed E-state index contributed by atoms with van der Waals surface area (Å²) < 4.78 is 18.1. The number of benzene rings is 2. The van der Waals surface area contributed by atoms with Crippen molar-refractivity contribution in [1.82, 2.24) is 9.55 Å². The number of aromatic nitrogens is 2. The van der Waals surface area contributed by atoms with Crippen molar-refractivity contribution in [1.29, 1.82) is 0 Å². The Morgan fingerprint density at radius 2 is 1.88 bits per heavy atom. The molecule has 0 unspecified atom stereocenters. The van der Waals surface area contributed by atoms with Crippen molar-refractivity contribution in [3.05, 3.63) is 59.0 Å². The third-order valence-electron chi connectivity index (χ3n) is 3.80. The minimum Gasteiger partial charge on any atom is -0.439 e. The molecule has 26 heavy (non-hydrogen) atoms. The van der Waals surface area contributed by atoms with Gasteiger partial charge in [0.2, 0.25) is 5.88 Å². The quantitative estimate of drug-likeness (QED) is 0.470. The van der Waals surface area contributed by atoms with Gasteiger partial charge in [-0.15, -0.1) is 0 Å². The minimum absolute atomic E-state index is 0.146. The van der Waals surface area contributed by atoms with Crippen LogP contribution < -0.4 is 5.43 Å². The van der Waals surface area contributed by atoms with Gasteiger partial charge in [0.25, 0.3) is 0 Å². The fourth-order valence-electron chi connectivity index (χ4n) is 2.77. The van der Waals surface area contributed by atoms with Gasteiger partial charge >= 0.3 is 0 Å². The summed E-state index contributed by atoms with van der Waals surface area (Å²) in [6.07, 6.45) is 1.65. The first-order chi connectivity index (χ1) is 12.7. The maximum atomic E-state index is 12.8. The zero-order valence-electron chi connectivity index (χ0n) is 14.0. The first kappa shape index (κ1) is 17.2. The van der Waals surface area contributed by atoms with Gasteiger partial charge in [-0.2, -0.15) is 0 Å². The summed E-state index contributed by atoms with van der Waals surface area (Å²) in [6.45, 7) is 0. The summed E-state index contributed by atoms with van der Waals surface area (Å²) in [4.78, 5) is 18.6. The van der Waals surface area contributed by atoms with E-state index in [1.165, 1.54) is 18.1 Å². The average Bonchev–Trinajstić information content (AvgIpc) is 3.06. The van der Waals surface area contributed by atoms with Gasteiger partial charge in [0.1, 0.15) is 11.9 Å². The van der Waals surface area contributed by atoms with Crippen molar-refractivity contribution < 1.29 is 12.8 Å². The van der Waals surface area contributed by atoms with E-state index in [2.05, 4.69) is 4.98 Å². The van der Waals surface area contributed by atoms with Crippen molar-refractivity contribution in [2.24, 2.45) is 0 Å². The maximum Gasteiger partial charge on any atom is 0.209 e. The molecule has 2 aromatic heterocycles. The third-order valence-corrected chi connectivity index (χ3v) is 5.06. The summed E-state index contributed by atoms with van der Waals surface area (Å²) >= 11 is 2.31. The predicted molar refractivity (Wildman–Crippen MR) is 103 cm³/mol. The van der Waals surface area contributed by atoms with Gasteiger partial charge in [0, 0.05) is 35.0 Å². The second kappa shape index (κ2) is 7.16. The Morgan fingerprint density at radius 1 is 1.08 bits per heavy atom. The number of rotatable bonds is 5. The van der Waals surface area contributed by atoms with Crippen molar-refractivity contribution in [2.45, 2.75) is 9.79 Å². The molecule has 0 saturated carbocycles. The summed E-state index contributed by atoms with van der Waals surface area (Å²) in [6, 6.07) is 12.8. The van der Waals surface area contributed by atoms with Crippen LogP contribution >= 0.6 is 24.1 Å². The molecule has 4 rings (SSSR count). The summed E-state index contributed by atoms with van der Waals surface area (Å²) in [7, 11) is 3.14. The molecule has 0 aliphatic carbocycles. The lowest BCUT2D eigenvalue weighted by Crippen LogP contribution is -2.05. The molecule has 132 valence electrons. The number of fused-ring (bicyclic) bond motifs is 2. The van der Waals surface area contributed by atoms with Crippen molar-refractivity contribution in [3.8, 4) is 5.88 Å². The van der Waals surface area contributed by atoms with Crippen molar-refractivity contribution in [2.75, 3.05) is 14.2 Å². The van der Waals surface area contributed by atoms with Gasteiger partial charge in [-0.05, 0) is 24.3 Å². The Labute approximate surface area is 157 Å². The van der Waals surface area contributed by atoms with Gasteiger partial charge in [-0.3, -0.25) is 9.36 Å². The Balaban J connectivity index is 1.97. The van der Waals surface area contributed by atoms with E-state index < -0.39 is 0 Å². The molecular weight excluding hydrogens is 372 g/mol. The number of nitrogens with zero attached hydrogens (tertiary/aromatic N) is 2. The highest BCUT2D eigenvalue weighted by molar-refractivity contribution is 7.95. The van der Waals surface area contributed by atoms with Crippen LogP contribution in [-0.2, 0) is 8.37 Å². The van der Waals surface area contributed by atoms with E-state index in [4.69, 9.17) is 12.8 Å². The van der Waals surface area contributed by atoms with Crippen LogP contribution in [0.2, 0.25) is 0 Å². The Bertz CT molecular complexity index is 1150.